The topological polar surface area (TPSA) is 99.9 Å². The number of aliphatic hydroxyl groups excluding tert-OH is 1. The second-order valence-electron chi connectivity index (χ2n) is 5.78. The molecular formula is C18H20Cl2N2O5. The number of fused-ring (bicyclic) bond motifs is 1. The van der Waals surface area contributed by atoms with Gasteiger partial charge in [-0.15, -0.1) is 0 Å². The zero-order valence-electron chi connectivity index (χ0n) is 15.1. The van der Waals surface area contributed by atoms with Crippen LogP contribution in [0.25, 0.3) is 0 Å². The molecular weight excluding hydrogens is 395 g/mol. The monoisotopic (exact) mass is 414 g/mol. The van der Waals surface area contributed by atoms with E-state index in [1.807, 2.05) is 0 Å². The molecule has 7 nitrogen and oxygen atoms in total. The second kappa shape index (κ2) is 8.63. The molecule has 0 aromatic heterocycles. The van der Waals surface area contributed by atoms with Crippen molar-refractivity contribution in [3.8, 4) is 0 Å². The lowest BCUT2D eigenvalue weighted by Crippen LogP contribution is -2.46. The number of ether oxygens (including phenoxy) is 2. The average molecular weight is 415 g/mol. The number of nitrogens with zero attached hydrogens (tertiary/aromatic N) is 1. The Kier molecular flexibility index (Phi) is 6.73. The summed E-state index contributed by atoms with van der Waals surface area (Å²) in [6.07, 6.45) is 0.0565. The van der Waals surface area contributed by atoms with Gasteiger partial charge in [-0.1, -0.05) is 23.2 Å². The molecule has 1 atom stereocenters. The van der Waals surface area contributed by atoms with Crippen LogP contribution in [-0.2, 0) is 14.3 Å². The van der Waals surface area contributed by atoms with Gasteiger partial charge in [0.1, 0.15) is 5.84 Å². The van der Waals surface area contributed by atoms with Gasteiger partial charge in [-0.25, -0.2) is 4.79 Å². The third-order valence-corrected chi connectivity index (χ3v) is 4.79. The Hall–Kier alpha value is -2.25. The molecule has 0 radical (unpaired) electrons. The van der Waals surface area contributed by atoms with Crippen molar-refractivity contribution in [1.82, 2.24) is 0 Å². The summed E-state index contributed by atoms with van der Waals surface area (Å²) in [7, 11) is 0. The van der Waals surface area contributed by atoms with E-state index in [1.54, 1.807) is 26.8 Å². The first kappa shape index (κ1) is 21.1. The normalized spacial score (nSPS) is 17.1. The van der Waals surface area contributed by atoms with Crippen molar-refractivity contribution in [2.75, 3.05) is 18.1 Å². The summed E-state index contributed by atoms with van der Waals surface area (Å²) in [4.78, 5) is 26.2. The fraction of sp³-hybridized carbons (Fsp3) is 0.389. The quantitative estimate of drug-likeness (QED) is 0.247. The zero-order chi connectivity index (χ0) is 20.3. The molecule has 1 aromatic rings. The maximum Gasteiger partial charge on any atom is 0.349 e. The number of Topliss-reactive ketones (excluding diaryl/α,β-unsaturated/α-hetero) is 1. The summed E-state index contributed by atoms with van der Waals surface area (Å²) in [5, 5.41) is 19.0. The second-order valence-corrected chi connectivity index (χ2v) is 6.57. The van der Waals surface area contributed by atoms with Crippen LogP contribution in [0.15, 0.2) is 23.7 Å². The number of anilines is 1. The molecule has 2 N–H and O–H groups in total. The number of esters is 1. The highest BCUT2D eigenvalue weighted by molar-refractivity contribution is 6.45. The van der Waals surface area contributed by atoms with E-state index in [0.29, 0.717) is 5.69 Å². The summed E-state index contributed by atoms with van der Waals surface area (Å²) < 4.78 is 9.98. The first-order chi connectivity index (χ1) is 12.7. The van der Waals surface area contributed by atoms with Crippen LogP contribution in [0.4, 0.5) is 5.69 Å². The van der Waals surface area contributed by atoms with Crippen molar-refractivity contribution in [2.24, 2.45) is 0 Å². The number of rotatable bonds is 5. The maximum absolute atomic E-state index is 12.5. The van der Waals surface area contributed by atoms with E-state index in [9.17, 15) is 14.7 Å². The van der Waals surface area contributed by atoms with E-state index in [1.165, 1.54) is 11.0 Å². The Balaban J connectivity index is 2.61. The van der Waals surface area contributed by atoms with Gasteiger partial charge in [0.05, 0.1) is 34.5 Å². The van der Waals surface area contributed by atoms with E-state index in [-0.39, 0.29) is 46.9 Å². The summed E-state index contributed by atoms with van der Waals surface area (Å²) in [5.41, 5.74) is 0.0623. The van der Waals surface area contributed by atoms with Crippen molar-refractivity contribution < 1.29 is 24.2 Å². The van der Waals surface area contributed by atoms with E-state index in [2.05, 4.69) is 0 Å². The fourth-order valence-electron chi connectivity index (χ4n) is 2.86. The third kappa shape index (κ3) is 4.04. The molecule has 0 aliphatic carbocycles. The van der Waals surface area contributed by atoms with Crippen LogP contribution >= 0.6 is 23.2 Å². The van der Waals surface area contributed by atoms with Gasteiger partial charge >= 0.3 is 5.97 Å². The van der Waals surface area contributed by atoms with Crippen molar-refractivity contribution in [3.63, 3.8) is 0 Å². The Bertz CT molecular complexity index is 822. The minimum atomic E-state index is -0.904. The number of carbonyl (C=O) groups is 2. The Labute approximate surface area is 167 Å². The Morgan fingerprint density at radius 1 is 1.30 bits per heavy atom. The van der Waals surface area contributed by atoms with Crippen molar-refractivity contribution in [1.29, 1.82) is 5.41 Å². The van der Waals surface area contributed by atoms with Gasteiger partial charge in [-0.2, -0.15) is 0 Å². The molecule has 2 rings (SSSR count). The predicted octanol–water partition coefficient (Wildman–Crippen LogP) is 4.12. The first-order valence-electron chi connectivity index (χ1n) is 8.36. The van der Waals surface area contributed by atoms with Crippen LogP contribution < -0.4 is 4.90 Å². The molecule has 0 saturated heterocycles. The van der Waals surface area contributed by atoms with Crippen LogP contribution in [-0.4, -0.2) is 42.0 Å². The van der Waals surface area contributed by atoms with E-state index < -0.39 is 23.5 Å². The minimum Gasteiger partial charge on any atom is -0.480 e. The van der Waals surface area contributed by atoms with E-state index in [0.717, 1.165) is 0 Å². The highest BCUT2D eigenvalue weighted by atomic mass is 35.5. The zero-order valence-corrected chi connectivity index (χ0v) is 16.6. The number of halogens is 2. The molecule has 1 unspecified atom stereocenters. The summed E-state index contributed by atoms with van der Waals surface area (Å²) in [5.74, 6) is -2.20. The summed E-state index contributed by atoms with van der Waals surface area (Å²) in [6.45, 7) is 5.10. The molecule has 27 heavy (non-hydrogen) atoms. The predicted molar refractivity (Wildman–Crippen MR) is 103 cm³/mol. The van der Waals surface area contributed by atoms with E-state index in [4.69, 9.17) is 38.1 Å². The van der Waals surface area contributed by atoms with Crippen LogP contribution in [0, 0.1) is 5.41 Å². The van der Waals surface area contributed by atoms with E-state index >= 15 is 0 Å². The summed E-state index contributed by atoms with van der Waals surface area (Å²) in [6, 6.07) is 2.59. The molecule has 0 spiro atoms. The first-order valence-corrected chi connectivity index (χ1v) is 9.12. The van der Waals surface area contributed by atoms with Gasteiger partial charge in [-0.3, -0.25) is 10.2 Å². The molecule has 1 aliphatic rings. The standard InChI is InChI=1S/C18H20Cl2N2O5/c1-4-26-17(24)14(18(25)27-5-2)16(21)22-9(3)8-12(23)13-11(22)7-6-10(19)15(13)20/h6-7,9,21,24H,4-5,8H2,1-3H3. The number of hydrogen-bond acceptors (Lipinski definition) is 6. The van der Waals surface area contributed by atoms with Gasteiger partial charge in [0.2, 0.25) is 0 Å². The lowest BCUT2D eigenvalue weighted by atomic mass is 9.94. The van der Waals surface area contributed by atoms with Crippen molar-refractivity contribution >= 4 is 46.5 Å². The van der Waals surface area contributed by atoms with Gasteiger partial charge in [0, 0.05) is 12.5 Å². The molecule has 0 saturated carbocycles. The van der Waals surface area contributed by atoms with Gasteiger partial charge in [0.15, 0.2) is 11.4 Å². The minimum absolute atomic E-state index is 0.0565. The third-order valence-electron chi connectivity index (χ3n) is 3.98. The SMILES string of the molecule is CCOC(=O)C(C(=N)N1c2ccc(Cl)c(Cl)c2C(=O)CC1C)=C(O)OCC. The van der Waals surface area contributed by atoms with Crippen LogP contribution in [0.1, 0.15) is 37.6 Å². The number of nitrogens with one attached hydrogen (secondary N) is 1. The molecule has 1 aliphatic heterocycles. The Morgan fingerprint density at radius 3 is 2.52 bits per heavy atom. The largest absolute Gasteiger partial charge is 0.480 e. The number of carbonyl (C=O) groups excluding carboxylic acids is 2. The Morgan fingerprint density at radius 2 is 1.93 bits per heavy atom. The number of benzene rings is 1. The highest BCUT2D eigenvalue weighted by Gasteiger charge is 2.37. The van der Waals surface area contributed by atoms with Crippen molar-refractivity contribution in [2.45, 2.75) is 33.2 Å². The fourth-order valence-corrected chi connectivity index (χ4v) is 3.29. The summed E-state index contributed by atoms with van der Waals surface area (Å²) >= 11 is 12.2. The molecule has 0 amide bonds. The van der Waals surface area contributed by atoms with Crippen molar-refractivity contribution in [3.05, 3.63) is 39.3 Å². The molecule has 0 fully saturated rings. The lowest BCUT2D eigenvalue weighted by molar-refractivity contribution is -0.138. The lowest BCUT2D eigenvalue weighted by Gasteiger charge is -2.37. The molecule has 146 valence electrons. The van der Waals surface area contributed by atoms with Gasteiger partial charge in [0.25, 0.3) is 5.95 Å². The molecule has 1 aromatic carbocycles. The number of ketones is 1. The number of aliphatic hydroxyl groups is 1. The van der Waals surface area contributed by atoms with Gasteiger partial charge < -0.3 is 19.5 Å². The van der Waals surface area contributed by atoms with Gasteiger partial charge in [-0.05, 0) is 32.9 Å². The number of amidine groups is 1. The maximum atomic E-state index is 12.5. The highest BCUT2D eigenvalue weighted by Crippen LogP contribution is 2.39. The smallest absolute Gasteiger partial charge is 0.349 e. The van der Waals surface area contributed by atoms with Crippen LogP contribution in [0.3, 0.4) is 0 Å². The molecule has 1 heterocycles. The molecule has 0 bridgehead atoms. The van der Waals surface area contributed by atoms with Crippen LogP contribution in [0.5, 0.6) is 0 Å². The molecule has 9 heteroatoms. The average Bonchev–Trinajstić information content (AvgIpc) is 2.58. The van der Waals surface area contributed by atoms with Crippen LogP contribution in [0.2, 0.25) is 10.0 Å². The number of hydrogen-bond donors (Lipinski definition) is 2.